The summed E-state index contributed by atoms with van der Waals surface area (Å²) in [7, 11) is 0. The summed E-state index contributed by atoms with van der Waals surface area (Å²) in [4.78, 5) is 0. The molecule has 0 atom stereocenters. The molecule has 0 N–H and O–H groups in total. The van der Waals surface area contributed by atoms with Gasteiger partial charge in [0.2, 0.25) is 0 Å². The average molecular weight is 320 g/mol. The summed E-state index contributed by atoms with van der Waals surface area (Å²) >= 11 is 0. The SMILES string of the molecule is CCCCCOC[C@H]1CC[C@H](CC[C@H]2CC[C@H](C#N)CC2)CC1. The molecule has 2 rings (SSSR count). The lowest BCUT2D eigenvalue weighted by atomic mass is 9.76. The second kappa shape index (κ2) is 11.1. The van der Waals surface area contributed by atoms with Crippen LogP contribution in [0.2, 0.25) is 0 Å². The highest BCUT2D eigenvalue weighted by molar-refractivity contribution is 4.87. The van der Waals surface area contributed by atoms with Gasteiger partial charge in [0.15, 0.2) is 0 Å². The zero-order chi connectivity index (χ0) is 16.3. The molecule has 0 saturated heterocycles. The van der Waals surface area contributed by atoms with E-state index in [9.17, 15) is 0 Å². The Morgan fingerprint density at radius 2 is 1.39 bits per heavy atom. The fourth-order valence-electron chi connectivity index (χ4n) is 4.44. The van der Waals surface area contributed by atoms with Gasteiger partial charge in [0, 0.05) is 19.1 Å². The van der Waals surface area contributed by atoms with E-state index in [0.717, 1.165) is 43.8 Å². The van der Waals surface area contributed by atoms with Gasteiger partial charge in [0.05, 0.1) is 6.07 Å². The van der Waals surface area contributed by atoms with Crippen molar-refractivity contribution in [3.05, 3.63) is 0 Å². The van der Waals surface area contributed by atoms with E-state index < -0.39 is 0 Å². The number of ether oxygens (including phenoxy) is 1. The van der Waals surface area contributed by atoms with Gasteiger partial charge in [-0.25, -0.2) is 0 Å². The third kappa shape index (κ3) is 7.25. The summed E-state index contributed by atoms with van der Waals surface area (Å²) in [6, 6.07) is 2.45. The minimum absolute atomic E-state index is 0.360. The molecule has 0 aromatic rings. The molecule has 2 saturated carbocycles. The largest absolute Gasteiger partial charge is 0.381 e. The summed E-state index contributed by atoms with van der Waals surface area (Å²) in [6.45, 7) is 4.23. The van der Waals surface area contributed by atoms with Crippen molar-refractivity contribution in [2.45, 2.75) is 90.4 Å². The monoisotopic (exact) mass is 319 g/mol. The van der Waals surface area contributed by atoms with Crippen LogP contribution in [0.4, 0.5) is 0 Å². The Balaban J connectivity index is 1.49. The number of rotatable bonds is 9. The van der Waals surface area contributed by atoms with Gasteiger partial charge in [-0.05, 0) is 62.7 Å². The zero-order valence-electron chi connectivity index (χ0n) is 15.3. The van der Waals surface area contributed by atoms with Gasteiger partial charge in [-0.2, -0.15) is 5.26 Å². The topological polar surface area (TPSA) is 33.0 Å². The quantitative estimate of drug-likeness (QED) is 0.480. The van der Waals surface area contributed by atoms with Crippen molar-refractivity contribution in [2.75, 3.05) is 13.2 Å². The molecule has 2 aliphatic carbocycles. The van der Waals surface area contributed by atoms with Crippen LogP contribution in [0, 0.1) is 35.0 Å². The van der Waals surface area contributed by atoms with E-state index in [4.69, 9.17) is 10.00 Å². The molecule has 0 spiro atoms. The third-order valence-electron chi connectivity index (χ3n) is 6.22. The zero-order valence-corrected chi connectivity index (χ0v) is 15.3. The van der Waals surface area contributed by atoms with Crippen molar-refractivity contribution in [2.24, 2.45) is 23.7 Å². The highest BCUT2D eigenvalue weighted by Crippen LogP contribution is 2.36. The summed E-state index contributed by atoms with van der Waals surface area (Å²) in [5.41, 5.74) is 0. The molecule has 0 unspecified atom stereocenters. The van der Waals surface area contributed by atoms with Crippen LogP contribution < -0.4 is 0 Å². The van der Waals surface area contributed by atoms with E-state index in [1.807, 2.05) is 0 Å². The van der Waals surface area contributed by atoms with Crippen LogP contribution in [0.5, 0.6) is 0 Å². The number of unbranched alkanes of at least 4 members (excludes halogenated alkanes) is 2. The highest BCUT2D eigenvalue weighted by Gasteiger charge is 2.24. The first-order chi connectivity index (χ1) is 11.3. The van der Waals surface area contributed by atoms with E-state index in [-0.39, 0.29) is 0 Å². The summed E-state index contributed by atoms with van der Waals surface area (Å²) < 4.78 is 5.86. The first kappa shape index (κ1) is 18.8. The molecule has 23 heavy (non-hydrogen) atoms. The Hall–Kier alpha value is -0.550. The second-order valence-electron chi connectivity index (χ2n) is 8.09. The fourth-order valence-corrected chi connectivity index (χ4v) is 4.44. The number of hydrogen-bond donors (Lipinski definition) is 0. The van der Waals surface area contributed by atoms with Gasteiger partial charge < -0.3 is 4.74 Å². The molecule has 2 nitrogen and oxygen atoms in total. The minimum atomic E-state index is 0.360. The van der Waals surface area contributed by atoms with Gasteiger partial charge >= 0.3 is 0 Å². The van der Waals surface area contributed by atoms with Crippen molar-refractivity contribution in [1.29, 1.82) is 5.26 Å². The number of nitrogens with zero attached hydrogens (tertiary/aromatic N) is 1. The lowest BCUT2D eigenvalue weighted by molar-refractivity contribution is 0.0737. The van der Waals surface area contributed by atoms with Crippen LogP contribution in [0.3, 0.4) is 0 Å². The lowest BCUT2D eigenvalue weighted by Crippen LogP contribution is -2.20. The van der Waals surface area contributed by atoms with Crippen LogP contribution in [-0.4, -0.2) is 13.2 Å². The van der Waals surface area contributed by atoms with Crippen molar-refractivity contribution in [3.8, 4) is 6.07 Å². The Bertz CT molecular complexity index is 332. The van der Waals surface area contributed by atoms with Crippen LogP contribution in [-0.2, 0) is 4.74 Å². The normalized spacial score (nSPS) is 31.7. The Morgan fingerprint density at radius 1 is 0.826 bits per heavy atom. The molecule has 0 bridgehead atoms. The van der Waals surface area contributed by atoms with Gasteiger partial charge in [0.1, 0.15) is 0 Å². The first-order valence-electron chi connectivity index (χ1n) is 10.3. The van der Waals surface area contributed by atoms with Crippen LogP contribution in [0.25, 0.3) is 0 Å². The van der Waals surface area contributed by atoms with E-state index in [0.29, 0.717) is 5.92 Å². The van der Waals surface area contributed by atoms with Crippen molar-refractivity contribution < 1.29 is 4.74 Å². The molecular formula is C21H37NO. The predicted molar refractivity (Wildman–Crippen MR) is 96.1 cm³/mol. The smallest absolute Gasteiger partial charge is 0.0655 e. The maximum Gasteiger partial charge on any atom is 0.0655 e. The molecule has 132 valence electrons. The second-order valence-corrected chi connectivity index (χ2v) is 8.09. The fraction of sp³-hybridized carbons (Fsp3) is 0.952. The molecule has 0 aromatic heterocycles. The molecule has 2 fully saturated rings. The van der Waals surface area contributed by atoms with Crippen molar-refractivity contribution >= 4 is 0 Å². The third-order valence-corrected chi connectivity index (χ3v) is 6.22. The van der Waals surface area contributed by atoms with Gasteiger partial charge in [-0.1, -0.05) is 45.4 Å². The molecular weight excluding hydrogens is 282 g/mol. The molecule has 2 heteroatoms. The van der Waals surface area contributed by atoms with Crippen molar-refractivity contribution in [3.63, 3.8) is 0 Å². The van der Waals surface area contributed by atoms with Gasteiger partial charge in [-0.3, -0.25) is 0 Å². The van der Waals surface area contributed by atoms with E-state index in [2.05, 4.69) is 13.0 Å². The molecule has 0 amide bonds. The first-order valence-corrected chi connectivity index (χ1v) is 10.3. The van der Waals surface area contributed by atoms with Gasteiger partial charge in [0.25, 0.3) is 0 Å². The van der Waals surface area contributed by atoms with Crippen LogP contribution in [0.15, 0.2) is 0 Å². The van der Waals surface area contributed by atoms with E-state index in [1.165, 1.54) is 70.6 Å². The van der Waals surface area contributed by atoms with Gasteiger partial charge in [-0.15, -0.1) is 0 Å². The maximum atomic E-state index is 8.98. The summed E-state index contributed by atoms with van der Waals surface area (Å²) in [5.74, 6) is 3.08. The molecule has 0 radical (unpaired) electrons. The van der Waals surface area contributed by atoms with Crippen molar-refractivity contribution in [1.82, 2.24) is 0 Å². The minimum Gasteiger partial charge on any atom is -0.381 e. The molecule has 0 heterocycles. The average Bonchev–Trinajstić information content (AvgIpc) is 2.61. The lowest BCUT2D eigenvalue weighted by Gasteiger charge is -2.30. The van der Waals surface area contributed by atoms with Crippen LogP contribution in [0.1, 0.15) is 90.4 Å². The summed E-state index contributed by atoms with van der Waals surface area (Å²) in [5, 5.41) is 8.98. The Morgan fingerprint density at radius 3 is 1.96 bits per heavy atom. The highest BCUT2D eigenvalue weighted by atomic mass is 16.5. The Labute approximate surface area is 144 Å². The molecule has 2 aliphatic rings. The molecule has 0 aliphatic heterocycles. The number of hydrogen-bond acceptors (Lipinski definition) is 2. The van der Waals surface area contributed by atoms with Crippen LogP contribution >= 0.6 is 0 Å². The van der Waals surface area contributed by atoms with E-state index in [1.54, 1.807) is 0 Å². The Kier molecular flexibility index (Phi) is 9.05. The predicted octanol–water partition coefficient (Wildman–Crippen LogP) is 6.11. The number of nitriles is 1. The molecule has 0 aromatic carbocycles. The van der Waals surface area contributed by atoms with E-state index >= 15 is 0 Å². The summed E-state index contributed by atoms with van der Waals surface area (Å²) in [6.07, 6.45) is 17.2. The standard InChI is InChI=1S/C21H37NO/c1-2-3-4-15-23-17-21-13-9-19(10-14-21)6-5-18-7-11-20(16-22)12-8-18/h18-21H,2-15,17H2,1H3/t18-,19-,20-,21-. The maximum absolute atomic E-state index is 8.98.